The van der Waals surface area contributed by atoms with E-state index >= 15 is 0 Å². The molecule has 2 aromatic heterocycles. The fourth-order valence-electron chi connectivity index (χ4n) is 2.22. The van der Waals surface area contributed by atoms with Gasteiger partial charge in [0.15, 0.2) is 0 Å². The first-order valence-corrected chi connectivity index (χ1v) is 7.64. The number of thiophene rings is 1. The second-order valence-electron chi connectivity index (χ2n) is 4.85. The van der Waals surface area contributed by atoms with Crippen molar-refractivity contribution in [2.24, 2.45) is 0 Å². The summed E-state index contributed by atoms with van der Waals surface area (Å²) in [5.74, 6) is 0.486. The number of nitrogens with zero attached hydrogens (tertiary/aromatic N) is 1. The van der Waals surface area contributed by atoms with Gasteiger partial charge in [-0.3, -0.25) is 4.98 Å². The van der Waals surface area contributed by atoms with Crippen LogP contribution >= 0.6 is 11.3 Å². The molecule has 3 aromatic rings. The number of benzene rings is 1. The first kappa shape index (κ1) is 14.5. The van der Waals surface area contributed by atoms with Gasteiger partial charge in [0, 0.05) is 17.1 Å². The van der Waals surface area contributed by atoms with Gasteiger partial charge in [-0.2, -0.15) is 0 Å². The third-order valence-corrected chi connectivity index (χ3v) is 4.70. The van der Waals surface area contributed by atoms with Crippen molar-refractivity contribution >= 4 is 27.4 Å². The van der Waals surface area contributed by atoms with Crippen LogP contribution in [0, 0.1) is 6.92 Å². The second-order valence-corrected chi connectivity index (χ2v) is 5.90. The first-order valence-electron chi connectivity index (χ1n) is 6.82. The van der Waals surface area contributed by atoms with Gasteiger partial charge in [-0.25, -0.2) is 4.79 Å². The molecule has 0 saturated carbocycles. The first-order chi connectivity index (χ1) is 10.7. The molecular formula is C17H15NO3S. The van der Waals surface area contributed by atoms with E-state index in [9.17, 15) is 4.79 Å². The Bertz CT molecular complexity index is 811. The summed E-state index contributed by atoms with van der Waals surface area (Å²) in [7, 11) is 1.63. The van der Waals surface area contributed by atoms with Crippen molar-refractivity contribution < 1.29 is 14.3 Å². The second kappa shape index (κ2) is 6.15. The highest BCUT2D eigenvalue weighted by Crippen LogP contribution is 2.33. The van der Waals surface area contributed by atoms with Crippen LogP contribution in [0.5, 0.6) is 5.75 Å². The number of carbonyl (C=O) groups excluding carboxylic acids is 1. The number of rotatable bonds is 4. The summed E-state index contributed by atoms with van der Waals surface area (Å²) >= 11 is 1.44. The van der Waals surface area contributed by atoms with E-state index in [-0.39, 0.29) is 12.6 Å². The molecule has 0 unspecified atom stereocenters. The molecule has 0 saturated heterocycles. The van der Waals surface area contributed by atoms with Gasteiger partial charge in [-0.15, -0.1) is 11.3 Å². The van der Waals surface area contributed by atoms with Crippen molar-refractivity contribution in [1.29, 1.82) is 0 Å². The molecule has 112 valence electrons. The van der Waals surface area contributed by atoms with E-state index in [1.165, 1.54) is 11.3 Å². The lowest BCUT2D eigenvalue weighted by Crippen LogP contribution is -2.04. The minimum absolute atomic E-state index is 0.248. The molecule has 0 amide bonds. The SMILES string of the molecule is COc1ccc2sc(C(=O)OCc3ccncc3)c(C)c2c1. The normalized spacial score (nSPS) is 10.6. The molecular weight excluding hydrogens is 298 g/mol. The number of fused-ring (bicyclic) bond motifs is 1. The van der Waals surface area contributed by atoms with E-state index in [1.807, 2.05) is 37.3 Å². The van der Waals surface area contributed by atoms with Crippen molar-refractivity contribution in [3.63, 3.8) is 0 Å². The Hall–Kier alpha value is -2.40. The molecule has 0 atom stereocenters. The van der Waals surface area contributed by atoms with E-state index < -0.39 is 0 Å². The quantitative estimate of drug-likeness (QED) is 0.684. The summed E-state index contributed by atoms with van der Waals surface area (Å²) in [6, 6.07) is 9.46. The largest absolute Gasteiger partial charge is 0.497 e. The summed E-state index contributed by atoms with van der Waals surface area (Å²) in [5, 5.41) is 1.03. The highest BCUT2D eigenvalue weighted by molar-refractivity contribution is 7.21. The summed E-state index contributed by atoms with van der Waals surface area (Å²) in [6.07, 6.45) is 3.36. The van der Waals surface area contributed by atoms with E-state index in [4.69, 9.17) is 9.47 Å². The third kappa shape index (κ3) is 2.80. The highest BCUT2D eigenvalue weighted by atomic mass is 32.1. The predicted octanol–water partition coefficient (Wildman–Crippen LogP) is 3.97. The molecule has 1 aromatic carbocycles. The average Bonchev–Trinajstić information content (AvgIpc) is 2.90. The molecule has 2 heterocycles. The molecule has 0 radical (unpaired) electrons. The van der Waals surface area contributed by atoms with Crippen molar-refractivity contribution in [3.8, 4) is 5.75 Å². The summed E-state index contributed by atoms with van der Waals surface area (Å²) in [6.45, 7) is 2.18. The van der Waals surface area contributed by atoms with Crippen molar-refractivity contribution in [3.05, 3.63) is 58.7 Å². The van der Waals surface area contributed by atoms with Crippen LogP contribution in [-0.4, -0.2) is 18.1 Å². The van der Waals surface area contributed by atoms with Crippen molar-refractivity contribution in [2.75, 3.05) is 7.11 Å². The number of carbonyl (C=O) groups is 1. The number of hydrogen-bond acceptors (Lipinski definition) is 5. The molecule has 0 aliphatic heterocycles. The zero-order chi connectivity index (χ0) is 15.5. The Kier molecular flexibility index (Phi) is 4.06. The Morgan fingerprint density at radius 2 is 2.00 bits per heavy atom. The number of pyridine rings is 1. The van der Waals surface area contributed by atoms with E-state index in [0.29, 0.717) is 4.88 Å². The van der Waals surface area contributed by atoms with Crippen LogP contribution < -0.4 is 4.74 Å². The monoisotopic (exact) mass is 313 g/mol. The minimum Gasteiger partial charge on any atom is -0.497 e. The van der Waals surface area contributed by atoms with E-state index in [2.05, 4.69) is 4.98 Å². The lowest BCUT2D eigenvalue weighted by Gasteiger charge is -2.04. The van der Waals surface area contributed by atoms with Gasteiger partial charge < -0.3 is 9.47 Å². The molecule has 0 N–H and O–H groups in total. The van der Waals surface area contributed by atoms with Crippen molar-refractivity contribution in [1.82, 2.24) is 4.98 Å². The predicted molar refractivity (Wildman–Crippen MR) is 86.5 cm³/mol. The molecule has 5 heteroatoms. The minimum atomic E-state index is -0.297. The van der Waals surface area contributed by atoms with Gasteiger partial charge in [0.1, 0.15) is 17.2 Å². The zero-order valence-electron chi connectivity index (χ0n) is 12.3. The van der Waals surface area contributed by atoms with Gasteiger partial charge >= 0.3 is 5.97 Å². The lowest BCUT2D eigenvalue weighted by molar-refractivity contribution is 0.0478. The summed E-state index contributed by atoms with van der Waals surface area (Å²) < 4.78 is 11.7. The molecule has 4 nitrogen and oxygen atoms in total. The molecule has 22 heavy (non-hydrogen) atoms. The third-order valence-electron chi connectivity index (χ3n) is 3.45. The van der Waals surface area contributed by atoms with E-state index in [1.54, 1.807) is 19.5 Å². The topological polar surface area (TPSA) is 48.4 Å². The fourth-order valence-corrected chi connectivity index (χ4v) is 3.30. The smallest absolute Gasteiger partial charge is 0.348 e. The standard InChI is InChI=1S/C17H15NO3S/c1-11-14-9-13(20-2)3-4-15(14)22-16(11)17(19)21-10-12-5-7-18-8-6-12/h3-9H,10H2,1-2H3. The maximum atomic E-state index is 12.3. The fraction of sp³-hybridized carbons (Fsp3) is 0.176. The van der Waals surface area contributed by atoms with Gasteiger partial charge in [0.2, 0.25) is 0 Å². The molecule has 0 aliphatic carbocycles. The van der Waals surface area contributed by atoms with Gasteiger partial charge in [0.25, 0.3) is 0 Å². The van der Waals surface area contributed by atoms with Crippen LogP contribution in [-0.2, 0) is 11.3 Å². The Balaban J connectivity index is 1.83. The van der Waals surface area contributed by atoms with Crippen LogP contribution in [0.3, 0.4) is 0 Å². The molecule has 0 fully saturated rings. The van der Waals surface area contributed by atoms with Crippen LogP contribution in [0.4, 0.5) is 0 Å². The molecule has 3 rings (SSSR count). The Labute approximate surface area is 132 Å². The highest BCUT2D eigenvalue weighted by Gasteiger charge is 2.17. The maximum Gasteiger partial charge on any atom is 0.348 e. The lowest BCUT2D eigenvalue weighted by atomic mass is 10.1. The Morgan fingerprint density at radius 1 is 1.23 bits per heavy atom. The zero-order valence-corrected chi connectivity index (χ0v) is 13.1. The van der Waals surface area contributed by atoms with E-state index in [0.717, 1.165) is 27.0 Å². The molecule has 0 aliphatic rings. The number of ether oxygens (including phenoxy) is 2. The number of methoxy groups -OCH3 is 1. The van der Waals surface area contributed by atoms with Crippen LogP contribution in [0.15, 0.2) is 42.7 Å². The van der Waals surface area contributed by atoms with Crippen LogP contribution in [0.25, 0.3) is 10.1 Å². The van der Waals surface area contributed by atoms with Gasteiger partial charge in [-0.05, 0) is 53.8 Å². The summed E-state index contributed by atoms with van der Waals surface area (Å²) in [4.78, 5) is 16.9. The summed E-state index contributed by atoms with van der Waals surface area (Å²) in [5.41, 5.74) is 1.85. The molecule has 0 spiro atoms. The van der Waals surface area contributed by atoms with Crippen LogP contribution in [0.2, 0.25) is 0 Å². The van der Waals surface area contributed by atoms with Gasteiger partial charge in [-0.1, -0.05) is 0 Å². The van der Waals surface area contributed by atoms with Gasteiger partial charge in [0.05, 0.1) is 7.11 Å². The van der Waals surface area contributed by atoms with Crippen LogP contribution in [0.1, 0.15) is 20.8 Å². The average molecular weight is 313 g/mol. The van der Waals surface area contributed by atoms with Crippen molar-refractivity contribution in [2.45, 2.75) is 13.5 Å². The maximum absolute atomic E-state index is 12.3. The number of aromatic nitrogens is 1. The number of esters is 1. The number of aryl methyl sites for hydroxylation is 1. The molecule has 0 bridgehead atoms. The number of hydrogen-bond donors (Lipinski definition) is 0. The Morgan fingerprint density at radius 3 is 2.73 bits per heavy atom.